The highest BCUT2D eigenvalue weighted by Crippen LogP contribution is 2.39. The monoisotopic (exact) mass is 626 g/mol. The van der Waals surface area contributed by atoms with Crippen molar-refractivity contribution in [3.63, 3.8) is 0 Å². The first-order valence-corrected chi connectivity index (χ1v) is 14.9. The van der Waals surface area contributed by atoms with Gasteiger partial charge in [0.05, 0.1) is 27.1 Å². The van der Waals surface area contributed by atoms with Crippen molar-refractivity contribution in [1.29, 1.82) is 0 Å². The van der Waals surface area contributed by atoms with Crippen molar-refractivity contribution in [2.24, 2.45) is 5.41 Å². The van der Waals surface area contributed by atoms with Crippen molar-refractivity contribution < 1.29 is 23.8 Å². The van der Waals surface area contributed by atoms with Gasteiger partial charge in [0.2, 0.25) is 11.6 Å². The molecule has 0 saturated heterocycles. The number of rotatable bonds is 4. The van der Waals surface area contributed by atoms with Crippen molar-refractivity contribution in [2.45, 2.75) is 47.0 Å². The van der Waals surface area contributed by atoms with Crippen LogP contribution in [0.2, 0.25) is 10.0 Å². The fourth-order valence-corrected chi connectivity index (χ4v) is 5.19. The first kappa shape index (κ1) is 31.2. The number of ether oxygens (including phenoxy) is 1. The molecule has 3 aromatic rings. The third-order valence-corrected chi connectivity index (χ3v) is 7.85. The van der Waals surface area contributed by atoms with E-state index in [4.69, 9.17) is 32.4 Å². The lowest BCUT2D eigenvalue weighted by atomic mass is 9.90. The number of hydrogen-bond donors (Lipinski definition) is 0. The highest BCUT2D eigenvalue weighted by atomic mass is 35.5. The molecule has 0 saturated carbocycles. The summed E-state index contributed by atoms with van der Waals surface area (Å²) < 4.78 is 12.4. The van der Waals surface area contributed by atoms with Crippen LogP contribution in [-0.4, -0.2) is 11.6 Å². The minimum atomic E-state index is -0.860. The molecule has 1 aromatic heterocycles. The summed E-state index contributed by atoms with van der Waals surface area (Å²) in [6.45, 7) is 11.9. The Morgan fingerprint density at radius 3 is 1.98 bits per heavy atom. The number of carbonyl (C=O) groups excluding carboxylic acids is 2. The van der Waals surface area contributed by atoms with E-state index in [0.29, 0.717) is 55.3 Å². The van der Waals surface area contributed by atoms with Gasteiger partial charge in [-0.25, -0.2) is 4.42 Å². The standard InChI is InChI=1S/C37H32Cl2O5/c1-36(2,3)31-19-21(17-29(43-31)23-11-7-9-13-27(23)38)15-25-33(40)26(35(42)34(25)41)16-22-18-30(24-12-8-10-14-28(24)39)44-32(20-22)37(4,5)6/h7-20H,1-6H3. The van der Waals surface area contributed by atoms with Crippen LogP contribution in [0, 0.1) is 5.41 Å². The summed E-state index contributed by atoms with van der Waals surface area (Å²) in [4.78, 5) is 26.4. The highest BCUT2D eigenvalue weighted by Gasteiger charge is 2.33. The minimum absolute atomic E-state index is 0.208. The lowest BCUT2D eigenvalue weighted by Crippen LogP contribution is -2.15. The Bertz CT molecular complexity index is 1860. The average molecular weight is 628 g/mol. The fourth-order valence-electron chi connectivity index (χ4n) is 4.73. The number of Topliss-reactive ketones (excluding diaryl/α,β-unsaturated/α-hetero) is 2. The molecule has 44 heavy (non-hydrogen) atoms. The normalized spacial score (nSPS) is 17.7. The Balaban J connectivity index is 1.63. The van der Waals surface area contributed by atoms with E-state index in [9.17, 15) is 14.7 Å². The van der Waals surface area contributed by atoms with Crippen LogP contribution in [0.5, 0.6) is 0 Å². The zero-order chi connectivity index (χ0) is 32.0. The molecule has 7 heteroatoms. The van der Waals surface area contributed by atoms with Gasteiger partial charge < -0.3 is 9.84 Å². The quantitative estimate of drug-likeness (QED) is 0.164. The zero-order valence-electron chi connectivity index (χ0n) is 25.4. The van der Waals surface area contributed by atoms with Crippen LogP contribution in [0.1, 0.15) is 58.4 Å². The largest absolute Gasteiger partial charge is 0.871 e. The van der Waals surface area contributed by atoms with Crippen LogP contribution in [0.4, 0.5) is 0 Å². The van der Waals surface area contributed by atoms with E-state index in [0.717, 1.165) is 0 Å². The third kappa shape index (κ3) is 6.35. The van der Waals surface area contributed by atoms with E-state index in [2.05, 4.69) is 0 Å². The van der Waals surface area contributed by atoms with Gasteiger partial charge in [-0.15, -0.1) is 0 Å². The highest BCUT2D eigenvalue weighted by molar-refractivity contribution is 6.54. The van der Waals surface area contributed by atoms with Gasteiger partial charge in [-0.1, -0.05) is 74.0 Å². The zero-order valence-corrected chi connectivity index (χ0v) is 26.9. The van der Waals surface area contributed by atoms with Gasteiger partial charge in [-0.05, 0) is 80.5 Å². The topological polar surface area (TPSA) is 77.7 Å². The molecule has 1 aliphatic heterocycles. The molecule has 0 spiro atoms. The maximum Gasteiger partial charge on any atom is 0.362 e. The summed E-state index contributed by atoms with van der Waals surface area (Å²) in [5.41, 5.74) is 1.21. The molecule has 5 rings (SSSR count). The lowest BCUT2D eigenvalue weighted by Gasteiger charge is -2.28. The third-order valence-electron chi connectivity index (χ3n) is 7.19. The summed E-state index contributed by atoms with van der Waals surface area (Å²) in [6, 6.07) is 18.0. The summed E-state index contributed by atoms with van der Waals surface area (Å²) in [7, 11) is 0. The molecule has 0 atom stereocenters. The molecule has 2 aromatic carbocycles. The Labute approximate surface area is 267 Å². The van der Waals surface area contributed by atoms with Crippen molar-refractivity contribution in [3.8, 4) is 11.3 Å². The molecule has 2 aliphatic rings. The number of hydrogen-bond acceptors (Lipinski definition) is 4. The molecule has 0 amide bonds. The lowest BCUT2D eigenvalue weighted by molar-refractivity contribution is -0.296. The predicted octanol–water partition coefficient (Wildman–Crippen LogP) is 8.91. The molecule has 2 heterocycles. The molecular formula is C37H32Cl2O5. The molecule has 0 bridgehead atoms. The Morgan fingerprint density at radius 1 is 0.773 bits per heavy atom. The Morgan fingerprint density at radius 2 is 1.39 bits per heavy atom. The predicted molar refractivity (Wildman–Crippen MR) is 173 cm³/mol. The van der Waals surface area contributed by atoms with E-state index in [1.54, 1.807) is 36.4 Å². The number of carbonyl (C=O) groups is 2. The number of allylic oxidation sites excluding steroid dienone is 7. The SMILES string of the molecule is CC(C)(C)C1=C/C(=C\C2=C([O-])C(=C\c3cc(-c4ccccc4Cl)[o+]c(C(C)(C)C)c3)/C(=O)C2=O)C=C(c2ccccc2Cl)O1. The molecule has 0 fully saturated rings. The van der Waals surface area contributed by atoms with Crippen LogP contribution in [0.3, 0.4) is 0 Å². The average Bonchev–Trinajstić information content (AvgIpc) is 3.15. The summed E-state index contributed by atoms with van der Waals surface area (Å²) in [6.07, 6.45) is 6.37. The van der Waals surface area contributed by atoms with Crippen LogP contribution in [0.25, 0.3) is 23.2 Å². The molecule has 0 radical (unpaired) electrons. The van der Waals surface area contributed by atoms with Gasteiger partial charge in [0, 0.05) is 28.2 Å². The van der Waals surface area contributed by atoms with E-state index in [1.807, 2.05) is 77.9 Å². The van der Waals surface area contributed by atoms with Gasteiger partial charge in [-0.2, -0.15) is 0 Å². The molecule has 0 N–H and O–H groups in total. The van der Waals surface area contributed by atoms with Gasteiger partial charge in [0.25, 0.3) is 0 Å². The van der Waals surface area contributed by atoms with Gasteiger partial charge in [0.1, 0.15) is 11.5 Å². The van der Waals surface area contributed by atoms with E-state index in [1.165, 1.54) is 12.2 Å². The second-order valence-electron chi connectivity index (χ2n) is 12.8. The second kappa shape index (κ2) is 11.7. The summed E-state index contributed by atoms with van der Waals surface area (Å²) >= 11 is 12.9. The molecule has 0 unspecified atom stereocenters. The van der Waals surface area contributed by atoms with Crippen LogP contribution in [-0.2, 0) is 19.7 Å². The van der Waals surface area contributed by atoms with Crippen LogP contribution in [0.15, 0.2) is 112 Å². The van der Waals surface area contributed by atoms with Gasteiger partial charge >= 0.3 is 11.5 Å². The van der Waals surface area contributed by atoms with Crippen LogP contribution < -0.4 is 5.11 Å². The number of ketones is 2. The van der Waals surface area contributed by atoms with Gasteiger partial charge in [0.15, 0.2) is 0 Å². The van der Waals surface area contributed by atoms with E-state index in [-0.39, 0.29) is 11.1 Å². The van der Waals surface area contributed by atoms with E-state index < -0.39 is 28.2 Å². The van der Waals surface area contributed by atoms with Crippen molar-refractivity contribution in [3.05, 3.63) is 134 Å². The van der Waals surface area contributed by atoms with Crippen molar-refractivity contribution in [2.75, 3.05) is 0 Å². The fraction of sp³-hybridized carbons (Fsp3) is 0.216. The van der Waals surface area contributed by atoms with Crippen LogP contribution >= 0.6 is 23.2 Å². The number of benzene rings is 2. The van der Waals surface area contributed by atoms with Gasteiger partial charge in [-0.3, -0.25) is 9.59 Å². The second-order valence-corrected chi connectivity index (χ2v) is 13.6. The first-order chi connectivity index (χ1) is 20.6. The maximum absolute atomic E-state index is 13.6. The first-order valence-electron chi connectivity index (χ1n) is 14.2. The molecule has 5 nitrogen and oxygen atoms in total. The summed E-state index contributed by atoms with van der Waals surface area (Å²) in [5.74, 6) is -0.166. The van der Waals surface area contributed by atoms with Crippen molar-refractivity contribution in [1.82, 2.24) is 0 Å². The molecular weight excluding hydrogens is 595 g/mol. The Kier molecular flexibility index (Phi) is 8.32. The minimum Gasteiger partial charge on any atom is -0.871 e. The molecule has 224 valence electrons. The smallest absolute Gasteiger partial charge is 0.362 e. The van der Waals surface area contributed by atoms with Crippen molar-refractivity contribution >= 4 is 46.6 Å². The Hall–Kier alpha value is -4.19. The summed E-state index contributed by atoms with van der Waals surface area (Å²) in [5, 5.41) is 14.6. The van der Waals surface area contributed by atoms with E-state index >= 15 is 0 Å². The number of halogens is 2. The maximum atomic E-state index is 13.6. The molecule has 1 aliphatic carbocycles.